The topological polar surface area (TPSA) is 97.6 Å². The van der Waals surface area contributed by atoms with E-state index in [4.69, 9.17) is 16.3 Å². The maximum absolute atomic E-state index is 13.0. The molecule has 1 saturated heterocycles. The van der Waals surface area contributed by atoms with Crippen molar-refractivity contribution in [3.63, 3.8) is 0 Å². The van der Waals surface area contributed by atoms with Gasteiger partial charge in [0, 0.05) is 29.4 Å². The van der Waals surface area contributed by atoms with Gasteiger partial charge in [0.05, 0.1) is 17.0 Å². The van der Waals surface area contributed by atoms with Gasteiger partial charge >= 0.3 is 0 Å². The van der Waals surface area contributed by atoms with Crippen LogP contribution in [0.4, 0.5) is 10.8 Å². The van der Waals surface area contributed by atoms with E-state index in [1.807, 2.05) is 25.1 Å². The molecular weight excluding hydrogens is 450 g/mol. The Bertz CT molecular complexity index is 1390. The van der Waals surface area contributed by atoms with Crippen LogP contribution < -0.4 is 16.2 Å². The maximum atomic E-state index is 13.0. The van der Waals surface area contributed by atoms with Crippen LogP contribution in [0.2, 0.25) is 5.02 Å². The van der Waals surface area contributed by atoms with Crippen molar-refractivity contribution in [3.8, 4) is 0 Å². The van der Waals surface area contributed by atoms with Crippen LogP contribution in [0.3, 0.4) is 0 Å². The Kier molecular flexibility index (Phi) is 5.54. The molecule has 1 amide bonds. The van der Waals surface area contributed by atoms with E-state index in [1.54, 1.807) is 18.2 Å². The Morgan fingerprint density at radius 2 is 2.22 bits per heavy atom. The third-order valence-electron chi connectivity index (χ3n) is 5.48. The number of ether oxygens (including phenoxy) is 1. The largest absolute Gasteiger partial charge is 0.376 e. The van der Waals surface area contributed by atoms with Gasteiger partial charge in [-0.15, -0.1) is 5.10 Å². The van der Waals surface area contributed by atoms with Crippen molar-refractivity contribution in [1.29, 1.82) is 0 Å². The molecule has 0 saturated carbocycles. The van der Waals surface area contributed by atoms with Gasteiger partial charge in [-0.1, -0.05) is 29.0 Å². The van der Waals surface area contributed by atoms with Gasteiger partial charge in [-0.25, -0.2) is 4.98 Å². The van der Waals surface area contributed by atoms with Crippen molar-refractivity contribution in [2.75, 3.05) is 18.5 Å². The van der Waals surface area contributed by atoms with E-state index in [1.165, 1.54) is 15.9 Å². The minimum absolute atomic E-state index is 0.0630. The van der Waals surface area contributed by atoms with Crippen molar-refractivity contribution in [2.24, 2.45) is 0 Å². The lowest BCUT2D eigenvalue weighted by atomic mass is 10.1. The summed E-state index contributed by atoms with van der Waals surface area (Å²) >= 11 is 7.44. The molecule has 8 nitrogen and oxygen atoms in total. The molecule has 5 rings (SSSR count). The number of carbonyl (C=O) groups excluding carboxylic acids is 1. The van der Waals surface area contributed by atoms with Crippen LogP contribution in [0.5, 0.6) is 0 Å². The van der Waals surface area contributed by atoms with Crippen LogP contribution >= 0.6 is 22.9 Å². The van der Waals surface area contributed by atoms with E-state index in [2.05, 4.69) is 20.7 Å². The van der Waals surface area contributed by atoms with E-state index in [0.717, 1.165) is 30.7 Å². The molecule has 3 heterocycles. The molecular formula is C22H20ClN5O3S. The first-order chi connectivity index (χ1) is 15.5. The molecule has 2 aromatic carbocycles. The lowest BCUT2D eigenvalue weighted by Gasteiger charge is -2.11. The van der Waals surface area contributed by atoms with Gasteiger partial charge in [0.2, 0.25) is 10.1 Å². The van der Waals surface area contributed by atoms with Gasteiger partial charge in [0.1, 0.15) is 0 Å². The number of hydrogen-bond donors (Lipinski definition) is 2. The number of fused-ring (bicyclic) bond motifs is 2. The van der Waals surface area contributed by atoms with E-state index in [0.29, 0.717) is 38.1 Å². The SMILES string of the molecule is Cc1c(Cl)cccc1Nc1nn2c(=O)c3ccc(C(=O)NC[C@H]4CCCO4)cc3nc2s1. The fraction of sp³-hybridized carbons (Fsp3) is 0.273. The highest BCUT2D eigenvalue weighted by Crippen LogP contribution is 2.28. The highest BCUT2D eigenvalue weighted by atomic mass is 35.5. The maximum Gasteiger partial charge on any atom is 0.283 e. The number of nitrogens with zero attached hydrogens (tertiary/aromatic N) is 3. The Morgan fingerprint density at radius 3 is 3.03 bits per heavy atom. The van der Waals surface area contributed by atoms with Crippen molar-refractivity contribution in [2.45, 2.75) is 25.9 Å². The molecule has 1 aliphatic heterocycles. The predicted octanol–water partition coefficient (Wildman–Crippen LogP) is 3.92. The minimum Gasteiger partial charge on any atom is -0.376 e. The van der Waals surface area contributed by atoms with E-state index in [9.17, 15) is 9.59 Å². The first-order valence-corrected chi connectivity index (χ1v) is 11.4. The number of nitrogens with one attached hydrogen (secondary N) is 2. The summed E-state index contributed by atoms with van der Waals surface area (Å²) in [6.07, 6.45) is 2.03. The Balaban J connectivity index is 1.44. The van der Waals surface area contributed by atoms with Crippen LogP contribution in [0, 0.1) is 6.92 Å². The summed E-state index contributed by atoms with van der Waals surface area (Å²) < 4.78 is 6.81. The van der Waals surface area contributed by atoms with E-state index in [-0.39, 0.29) is 17.6 Å². The van der Waals surface area contributed by atoms with E-state index < -0.39 is 0 Å². The normalized spacial score (nSPS) is 16.0. The standard InChI is InChI=1S/C22H20ClN5O3S/c1-12-16(23)5-2-6-17(12)25-21-27-28-20(30)15-8-7-13(10-18(15)26-22(28)32-21)19(29)24-11-14-4-3-9-31-14/h2,5-8,10,14H,3-4,9,11H2,1H3,(H,24,29)(H,25,27)/t14-/m1/s1. The summed E-state index contributed by atoms with van der Waals surface area (Å²) in [5, 5.41) is 12.0. The predicted molar refractivity (Wildman–Crippen MR) is 125 cm³/mol. The second-order valence-corrected chi connectivity index (χ2v) is 9.00. The number of rotatable bonds is 5. The Hall–Kier alpha value is -3.01. The van der Waals surface area contributed by atoms with Crippen molar-refractivity contribution >= 4 is 55.5 Å². The molecule has 1 aliphatic rings. The minimum atomic E-state index is -0.288. The Labute approximate surface area is 192 Å². The summed E-state index contributed by atoms with van der Waals surface area (Å²) in [6.45, 7) is 3.11. The highest BCUT2D eigenvalue weighted by Gasteiger charge is 2.18. The molecule has 10 heteroatoms. The molecule has 2 aromatic heterocycles. The lowest BCUT2D eigenvalue weighted by Crippen LogP contribution is -2.31. The molecule has 4 aromatic rings. The molecule has 0 bridgehead atoms. The average molecular weight is 470 g/mol. The Morgan fingerprint density at radius 1 is 1.34 bits per heavy atom. The number of carbonyl (C=O) groups is 1. The molecule has 2 N–H and O–H groups in total. The average Bonchev–Trinajstić information content (AvgIpc) is 3.45. The summed E-state index contributed by atoms with van der Waals surface area (Å²) in [4.78, 5) is 30.5. The zero-order chi connectivity index (χ0) is 22.2. The summed E-state index contributed by atoms with van der Waals surface area (Å²) in [7, 11) is 0. The van der Waals surface area contributed by atoms with Gasteiger partial charge in [0.25, 0.3) is 11.5 Å². The smallest absolute Gasteiger partial charge is 0.283 e. The second-order valence-electron chi connectivity index (χ2n) is 7.63. The number of aromatic nitrogens is 3. The lowest BCUT2D eigenvalue weighted by molar-refractivity contribution is 0.0858. The van der Waals surface area contributed by atoms with Gasteiger partial charge in [-0.3, -0.25) is 9.59 Å². The fourth-order valence-electron chi connectivity index (χ4n) is 3.67. The highest BCUT2D eigenvalue weighted by molar-refractivity contribution is 7.20. The molecule has 0 spiro atoms. The van der Waals surface area contributed by atoms with Crippen molar-refractivity contribution < 1.29 is 9.53 Å². The summed E-state index contributed by atoms with van der Waals surface area (Å²) in [5.74, 6) is -0.215. The van der Waals surface area contributed by atoms with Gasteiger partial charge in [-0.2, -0.15) is 4.52 Å². The molecule has 0 radical (unpaired) electrons. The quantitative estimate of drug-likeness (QED) is 0.459. The monoisotopic (exact) mass is 469 g/mol. The first kappa shape index (κ1) is 20.9. The van der Waals surface area contributed by atoms with Gasteiger partial charge in [0.15, 0.2) is 0 Å². The zero-order valence-electron chi connectivity index (χ0n) is 17.2. The molecule has 32 heavy (non-hydrogen) atoms. The summed E-state index contributed by atoms with van der Waals surface area (Å²) in [5.41, 5.74) is 2.30. The van der Waals surface area contributed by atoms with Crippen LogP contribution in [-0.4, -0.2) is 39.8 Å². The molecule has 0 aliphatic carbocycles. The fourth-order valence-corrected chi connectivity index (χ4v) is 4.66. The number of amides is 1. The molecule has 1 fully saturated rings. The van der Waals surface area contributed by atoms with Crippen LogP contribution in [-0.2, 0) is 4.74 Å². The second kappa shape index (κ2) is 8.50. The number of benzene rings is 2. The van der Waals surface area contributed by atoms with Crippen LogP contribution in [0.15, 0.2) is 41.2 Å². The van der Waals surface area contributed by atoms with Gasteiger partial charge in [-0.05, 0) is 55.7 Å². The molecule has 1 atom stereocenters. The van der Waals surface area contributed by atoms with E-state index >= 15 is 0 Å². The third-order valence-corrected chi connectivity index (χ3v) is 6.72. The molecule has 0 unspecified atom stereocenters. The first-order valence-electron chi connectivity index (χ1n) is 10.2. The third kappa shape index (κ3) is 3.94. The number of anilines is 2. The van der Waals surface area contributed by atoms with Crippen molar-refractivity contribution in [3.05, 3.63) is 62.9 Å². The van der Waals surface area contributed by atoms with Gasteiger partial charge < -0.3 is 15.4 Å². The molecule has 164 valence electrons. The van der Waals surface area contributed by atoms with Crippen LogP contribution in [0.1, 0.15) is 28.8 Å². The van der Waals surface area contributed by atoms with Crippen molar-refractivity contribution in [1.82, 2.24) is 19.9 Å². The summed E-state index contributed by atoms with van der Waals surface area (Å²) in [6, 6.07) is 10.4. The number of halogens is 1. The number of hydrogen-bond acceptors (Lipinski definition) is 7. The van der Waals surface area contributed by atoms with Crippen LogP contribution in [0.25, 0.3) is 15.9 Å². The zero-order valence-corrected chi connectivity index (χ0v) is 18.8.